The molecule has 0 amide bonds. The van der Waals surface area contributed by atoms with E-state index in [0.29, 0.717) is 9.74 Å². The molecule has 0 aromatic rings. The number of nitrogens with zero attached hydrogens (tertiary/aromatic N) is 1. The molecule has 12 heavy (non-hydrogen) atoms. The van der Waals surface area contributed by atoms with Gasteiger partial charge in [0.15, 0.2) is 0 Å². The van der Waals surface area contributed by atoms with Gasteiger partial charge in [0.25, 0.3) is 0 Å². The molecule has 1 aliphatic rings. The molecule has 0 aromatic heterocycles. The Bertz CT molecular complexity index is 160. The van der Waals surface area contributed by atoms with Gasteiger partial charge in [-0.3, -0.25) is 0 Å². The van der Waals surface area contributed by atoms with Gasteiger partial charge in [0, 0.05) is 13.1 Å². The van der Waals surface area contributed by atoms with E-state index in [-0.39, 0.29) is 29.6 Å². The van der Waals surface area contributed by atoms with Crippen molar-refractivity contribution in [2.24, 2.45) is 5.41 Å². The van der Waals surface area contributed by atoms with Crippen molar-refractivity contribution in [2.75, 3.05) is 13.1 Å². The van der Waals surface area contributed by atoms with Crippen molar-refractivity contribution >= 4 is 29.2 Å². The summed E-state index contributed by atoms with van der Waals surface area (Å²) in [5.74, 6) is 0. The van der Waals surface area contributed by atoms with E-state index in [1.807, 2.05) is 0 Å². The van der Waals surface area contributed by atoms with Gasteiger partial charge in [-0.2, -0.15) is 0 Å². The van der Waals surface area contributed by atoms with E-state index >= 15 is 0 Å². The predicted molar refractivity (Wildman–Crippen MR) is 54.6 cm³/mol. The maximum absolute atomic E-state index is 4.93. The summed E-state index contributed by atoms with van der Waals surface area (Å²) >= 11 is 9.86. The van der Waals surface area contributed by atoms with Crippen LogP contribution >= 0.6 is 12.2 Å². The summed E-state index contributed by atoms with van der Waals surface area (Å²) in [7, 11) is 0. The summed E-state index contributed by atoms with van der Waals surface area (Å²) in [6, 6.07) is 0. The molecule has 1 nitrogen and oxygen atoms in total. The molecule has 1 aliphatic heterocycles. The molecule has 1 heterocycles. The van der Waals surface area contributed by atoms with E-state index < -0.39 is 0 Å². The SMILES string of the molecule is CC1(C)CCN(C(=S)[S-])CC1.[Na+]. The average Bonchev–Trinajstić information content (AvgIpc) is 1.86. The third kappa shape index (κ3) is 3.88. The Labute approximate surface area is 108 Å². The Morgan fingerprint density at radius 2 is 1.75 bits per heavy atom. The maximum atomic E-state index is 4.93. The summed E-state index contributed by atoms with van der Waals surface area (Å²) in [6.07, 6.45) is 2.42. The van der Waals surface area contributed by atoms with E-state index in [9.17, 15) is 0 Å². The minimum absolute atomic E-state index is 0. The van der Waals surface area contributed by atoms with E-state index in [2.05, 4.69) is 18.7 Å². The summed E-state index contributed by atoms with van der Waals surface area (Å²) in [6.45, 7) is 6.71. The molecule has 0 radical (unpaired) electrons. The van der Waals surface area contributed by atoms with Gasteiger partial charge < -0.3 is 29.7 Å². The standard InChI is InChI=1S/C8H15NS2.Na/c1-8(2)3-5-9(6-4-8)7(10)11;/h3-6H2,1-2H3,(H,10,11);/q;+1/p-1. The molecule has 0 saturated carbocycles. The number of likely N-dealkylation sites (tertiary alicyclic amines) is 1. The number of thiocarbonyl (C=S) groups is 1. The first-order valence-electron chi connectivity index (χ1n) is 3.97. The van der Waals surface area contributed by atoms with Crippen LogP contribution in [0.1, 0.15) is 26.7 Å². The van der Waals surface area contributed by atoms with Crippen LogP contribution in [0.15, 0.2) is 0 Å². The van der Waals surface area contributed by atoms with Crippen molar-refractivity contribution in [3.05, 3.63) is 0 Å². The Morgan fingerprint density at radius 1 is 1.33 bits per heavy atom. The van der Waals surface area contributed by atoms with Crippen LogP contribution in [-0.2, 0) is 12.6 Å². The monoisotopic (exact) mass is 211 g/mol. The molecule has 0 atom stereocenters. The molecular formula is C8H14NNaS2. The molecule has 4 heteroatoms. The quantitative estimate of drug-likeness (QED) is 0.286. The van der Waals surface area contributed by atoms with Crippen LogP contribution in [0.4, 0.5) is 0 Å². The summed E-state index contributed by atoms with van der Waals surface area (Å²) in [5.41, 5.74) is 0.497. The third-order valence-corrected chi connectivity index (χ3v) is 2.89. The van der Waals surface area contributed by atoms with E-state index in [1.165, 1.54) is 12.8 Å². The minimum Gasteiger partial charge on any atom is -0.411 e. The molecule has 0 bridgehead atoms. The fourth-order valence-corrected chi connectivity index (χ4v) is 1.66. The van der Waals surface area contributed by atoms with Crippen molar-refractivity contribution in [1.82, 2.24) is 4.90 Å². The van der Waals surface area contributed by atoms with Gasteiger partial charge in [-0.05, 0) is 18.3 Å². The Morgan fingerprint density at radius 3 is 2.08 bits per heavy atom. The maximum Gasteiger partial charge on any atom is 1.00 e. The van der Waals surface area contributed by atoms with Crippen molar-refractivity contribution < 1.29 is 29.6 Å². The molecule has 0 N–H and O–H groups in total. The number of hydrogen-bond donors (Lipinski definition) is 0. The molecule has 0 unspecified atom stereocenters. The van der Waals surface area contributed by atoms with Gasteiger partial charge >= 0.3 is 29.6 Å². The van der Waals surface area contributed by atoms with E-state index in [1.54, 1.807) is 0 Å². The van der Waals surface area contributed by atoms with Crippen LogP contribution in [0.2, 0.25) is 0 Å². The molecular weight excluding hydrogens is 197 g/mol. The zero-order valence-electron chi connectivity index (χ0n) is 8.09. The molecule has 1 saturated heterocycles. The number of rotatable bonds is 0. The van der Waals surface area contributed by atoms with Crippen LogP contribution in [0, 0.1) is 5.41 Å². The van der Waals surface area contributed by atoms with Gasteiger partial charge in [0.2, 0.25) is 0 Å². The van der Waals surface area contributed by atoms with E-state index in [0.717, 1.165) is 13.1 Å². The first kappa shape index (κ1) is 13.1. The van der Waals surface area contributed by atoms with Crippen molar-refractivity contribution in [3.8, 4) is 0 Å². The summed E-state index contributed by atoms with van der Waals surface area (Å²) in [4.78, 5) is 2.12. The van der Waals surface area contributed by atoms with Gasteiger partial charge in [-0.25, -0.2) is 0 Å². The first-order chi connectivity index (χ1) is 5.01. The summed E-state index contributed by atoms with van der Waals surface area (Å²) in [5, 5.41) is 0. The van der Waals surface area contributed by atoms with Crippen LogP contribution in [0.3, 0.4) is 0 Å². The second-order valence-electron chi connectivity index (χ2n) is 3.92. The molecule has 64 valence electrons. The molecule has 0 aliphatic carbocycles. The molecule has 0 spiro atoms. The summed E-state index contributed by atoms with van der Waals surface area (Å²) < 4.78 is 0.639. The first-order valence-corrected chi connectivity index (χ1v) is 4.79. The number of hydrogen-bond acceptors (Lipinski definition) is 2. The largest absolute Gasteiger partial charge is 1.00 e. The zero-order chi connectivity index (χ0) is 8.48. The topological polar surface area (TPSA) is 3.24 Å². The molecule has 1 rings (SSSR count). The van der Waals surface area contributed by atoms with Gasteiger partial charge in [0.05, 0.1) is 0 Å². The fourth-order valence-electron chi connectivity index (χ4n) is 1.29. The Hall–Kier alpha value is 1.11. The third-order valence-electron chi connectivity index (χ3n) is 2.38. The smallest absolute Gasteiger partial charge is 0.411 e. The molecule has 1 fully saturated rings. The zero-order valence-corrected chi connectivity index (χ0v) is 11.7. The van der Waals surface area contributed by atoms with Crippen molar-refractivity contribution in [3.63, 3.8) is 0 Å². The predicted octanol–water partition coefficient (Wildman–Crippen LogP) is -1.06. The van der Waals surface area contributed by atoms with Crippen molar-refractivity contribution in [1.29, 1.82) is 0 Å². The average molecular weight is 211 g/mol. The number of piperidine rings is 1. The van der Waals surface area contributed by atoms with Gasteiger partial charge in [-0.15, -0.1) is 0 Å². The second-order valence-corrected chi connectivity index (χ2v) is 4.95. The molecule has 0 aromatic carbocycles. The van der Waals surface area contributed by atoms with Gasteiger partial charge in [0.1, 0.15) is 0 Å². The van der Waals surface area contributed by atoms with Crippen LogP contribution in [-0.4, -0.2) is 22.3 Å². The van der Waals surface area contributed by atoms with Crippen LogP contribution < -0.4 is 29.6 Å². The van der Waals surface area contributed by atoms with Crippen LogP contribution in [0.25, 0.3) is 0 Å². The minimum atomic E-state index is 0. The Balaban J connectivity index is 0.00000121. The normalized spacial score (nSPS) is 21.3. The fraction of sp³-hybridized carbons (Fsp3) is 0.875. The van der Waals surface area contributed by atoms with Gasteiger partial charge in [-0.1, -0.05) is 18.2 Å². The van der Waals surface area contributed by atoms with E-state index in [4.69, 9.17) is 24.8 Å². The second kappa shape index (κ2) is 5.11. The van der Waals surface area contributed by atoms with Crippen molar-refractivity contribution in [2.45, 2.75) is 26.7 Å². The Kier molecular flexibility index (Phi) is 5.58. The van der Waals surface area contributed by atoms with Crippen LogP contribution in [0.5, 0.6) is 0 Å².